The van der Waals surface area contributed by atoms with E-state index < -0.39 is 9.84 Å². The molecule has 1 aliphatic heterocycles. The van der Waals surface area contributed by atoms with Gasteiger partial charge in [-0.05, 0) is 17.4 Å². The van der Waals surface area contributed by atoms with Crippen LogP contribution in [0.1, 0.15) is 56.0 Å². The molecule has 0 aliphatic carbocycles. The molecular formula is C19H27NO4S. The average molecular weight is 365 g/mol. The molecule has 1 unspecified atom stereocenters. The number of carbonyl (C=O) groups is 2. The molecule has 6 heteroatoms. The summed E-state index contributed by atoms with van der Waals surface area (Å²) in [5, 5.41) is 0. The van der Waals surface area contributed by atoms with E-state index in [1.807, 2.05) is 12.1 Å². The zero-order valence-electron chi connectivity index (χ0n) is 15.4. The second-order valence-electron chi connectivity index (χ2n) is 7.81. The molecule has 0 N–H and O–H groups in total. The van der Waals surface area contributed by atoms with Gasteiger partial charge in [-0.1, -0.05) is 45.0 Å². The summed E-state index contributed by atoms with van der Waals surface area (Å²) in [7, 11) is -1.40. The summed E-state index contributed by atoms with van der Waals surface area (Å²) in [6, 6.07) is 7.25. The molecule has 1 saturated heterocycles. The molecule has 0 bridgehead atoms. The van der Waals surface area contributed by atoms with E-state index in [4.69, 9.17) is 0 Å². The highest BCUT2D eigenvalue weighted by Gasteiger charge is 2.32. The number of sulfone groups is 1. The molecule has 0 spiro atoms. The van der Waals surface area contributed by atoms with Crippen molar-refractivity contribution in [2.75, 3.05) is 18.6 Å². The molecule has 5 nitrogen and oxygen atoms in total. The summed E-state index contributed by atoms with van der Waals surface area (Å²) in [4.78, 5) is 26.0. The first kappa shape index (κ1) is 19.6. The molecule has 1 aromatic carbocycles. The Morgan fingerprint density at radius 1 is 1.12 bits per heavy atom. The van der Waals surface area contributed by atoms with E-state index in [1.54, 1.807) is 19.2 Å². The number of Topliss-reactive ketones (excluding diaryl/α,β-unsaturated/α-hetero) is 1. The number of nitrogens with zero attached hydrogens (tertiary/aromatic N) is 1. The van der Waals surface area contributed by atoms with E-state index in [0.717, 1.165) is 5.56 Å². The zero-order valence-corrected chi connectivity index (χ0v) is 16.2. The van der Waals surface area contributed by atoms with E-state index in [1.165, 1.54) is 4.90 Å². The molecule has 1 atom stereocenters. The highest BCUT2D eigenvalue weighted by molar-refractivity contribution is 7.91. The molecular weight excluding hydrogens is 338 g/mol. The fraction of sp³-hybridized carbons (Fsp3) is 0.579. The van der Waals surface area contributed by atoms with Crippen molar-refractivity contribution >= 4 is 21.5 Å². The van der Waals surface area contributed by atoms with Gasteiger partial charge >= 0.3 is 0 Å². The lowest BCUT2D eigenvalue weighted by atomic mass is 9.86. The number of amides is 1. The average Bonchev–Trinajstić information content (AvgIpc) is 2.90. The van der Waals surface area contributed by atoms with Crippen molar-refractivity contribution in [3.8, 4) is 0 Å². The second-order valence-corrected chi connectivity index (χ2v) is 10.0. The first-order chi connectivity index (χ1) is 11.5. The summed E-state index contributed by atoms with van der Waals surface area (Å²) in [5.41, 5.74) is 1.79. The van der Waals surface area contributed by atoms with Crippen LogP contribution in [0.3, 0.4) is 0 Å². The van der Waals surface area contributed by atoms with Gasteiger partial charge in [-0.25, -0.2) is 8.42 Å². The smallest absolute Gasteiger partial charge is 0.223 e. The van der Waals surface area contributed by atoms with Crippen LogP contribution in [0, 0.1) is 0 Å². The predicted octanol–water partition coefficient (Wildman–Crippen LogP) is 2.59. The topological polar surface area (TPSA) is 71.5 Å². The van der Waals surface area contributed by atoms with E-state index in [-0.39, 0.29) is 47.5 Å². The maximum atomic E-state index is 12.3. The normalized spacial score (nSPS) is 19.6. The number of carbonyl (C=O) groups excluding carboxylic acids is 2. The molecule has 1 aliphatic rings. The Labute approximate surface area is 150 Å². The van der Waals surface area contributed by atoms with Gasteiger partial charge < -0.3 is 4.90 Å². The minimum atomic E-state index is -3.03. The lowest BCUT2D eigenvalue weighted by Gasteiger charge is -2.23. The molecule has 0 aromatic heterocycles. The Balaban J connectivity index is 1.90. The maximum absolute atomic E-state index is 12.3. The number of ketones is 1. The van der Waals surface area contributed by atoms with Gasteiger partial charge in [0.1, 0.15) is 0 Å². The van der Waals surface area contributed by atoms with Crippen molar-refractivity contribution in [2.45, 2.75) is 51.5 Å². The molecule has 138 valence electrons. The fourth-order valence-corrected chi connectivity index (χ4v) is 4.76. The molecule has 0 radical (unpaired) electrons. The molecule has 2 rings (SSSR count). The highest BCUT2D eigenvalue weighted by Crippen LogP contribution is 2.23. The predicted molar refractivity (Wildman–Crippen MR) is 98.5 cm³/mol. The van der Waals surface area contributed by atoms with Gasteiger partial charge in [0.05, 0.1) is 11.5 Å². The van der Waals surface area contributed by atoms with Gasteiger partial charge in [-0.15, -0.1) is 0 Å². The second kappa shape index (κ2) is 7.28. The Morgan fingerprint density at radius 2 is 1.72 bits per heavy atom. The first-order valence-corrected chi connectivity index (χ1v) is 10.4. The van der Waals surface area contributed by atoms with Crippen LogP contribution >= 0.6 is 0 Å². The van der Waals surface area contributed by atoms with E-state index in [9.17, 15) is 18.0 Å². The van der Waals surface area contributed by atoms with E-state index >= 15 is 0 Å². The van der Waals surface area contributed by atoms with Crippen molar-refractivity contribution in [1.29, 1.82) is 0 Å². The molecule has 1 amide bonds. The number of rotatable bonds is 5. The van der Waals surface area contributed by atoms with Gasteiger partial charge in [0.15, 0.2) is 15.6 Å². The number of benzene rings is 1. The highest BCUT2D eigenvalue weighted by atomic mass is 32.2. The Kier molecular flexibility index (Phi) is 5.72. The monoisotopic (exact) mass is 365 g/mol. The molecule has 0 saturated carbocycles. The van der Waals surface area contributed by atoms with Crippen molar-refractivity contribution < 1.29 is 18.0 Å². The first-order valence-electron chi connectivity index (χ1n) is 8.59. The molecule has 1 fully saturated rings. The third-order valence-electron chi connectivity index (χ3n) is 4.79. The third-order valence-corrected chi connectivity index (χ3v) is 6.54. The van der Waals surface area contributed by atoms with Crippen molar-refractivity contribution in [1.82, 2.24) is 4.90 Å². The van der Waals surface area contributed by atoms with E-state index in [2.05, 4.69) is 20.8 Å². The standard InChI is InChI=1S/C19H27NO4S/c1-19(2,3)15-7-5-14(6-8-15)17(21)9-10-18(22)20(4)16-11-12-25(23,24)13-16/h5-8,16H,9-13H2,1-4H3. The summed E-state index contributed by atoms with van der Waals surface area (Å²) in [6.45, 7) is 6.34. The Morgan fingerprint density at radius 3 is 2.20 bits per heavy atom. The maximum Gasteiger partial charge on any atom is 0.223 e. The summed E-state index contributed by atoms with van der Waals surface area (Å²) in [6.07, 6.45) is 0.719. The van der Waals surface area contributed by atoms with Crippen molar-refractivity contribution in [2.24, 2.45) is 0 Å². The Hall–Kier alpha value is -1.69. The molecule has 1 aromatic rings. The van der Waals surface area contributed by atoms with Crippen LogP contribution in [-0.2, 0) is 20.0 Å². The van der Waals surface area contributed by atoms with Gasteiger partial charge in [0.25, 0.3) is 0 Å². The van der Waals surface area contributed by atoms with Crippen LogP contribution in [0.4, 0.5) is 0 Å². The third kappa shape index (κ3) is 5.14. The van der Waals surface area contributed by atoms with Crippen LogP contribution in [0.2, 0.25) is 0 Å². The van der Waals surface area contributed by atoms with Crippen molar-refractivity contribution in [3.05, 3.63) is 35.4 Å². The number of hydrogen-bond acceptors (Lipinski definition) is 4. The minimum Gasteiger partial charge on any atom is -0.342 e. The van der Waals surface area contributed by atoms with Crippen molar-refractivity contribution in [3.63, 3.8) is 0 Å². The summed E-state index contributed by atoms with van der Waals surface area (Å²) < 4.78 is 23.1. The van der Waals surface area contributed by atoms with Crippen LogP contribution in [-0.4, -0.2) is 49.6 Å². The molecule has 25 heavy (non-hydrogen) atoms. The van der Waals surface area contributed by atoms with Crippen LogP contribution in [0.15, 0.2) is 24.3 Å². The largest absolute Gasteiger partial charge is 0.342 e. The van der Waals surface area contributed by atoms with Gasteiger partial charge in [-0.3, -0.25) is 9.59 Å². The zero-order chi connectivity index (χ0) is 18.8. The van der Waals surface area contributed by atoms with Crippen LogP contribution in [0.5, 0.6) is 0 Å². The Bertz CT molecular complexity index is 745. The summed E-state index contributed by atoms with van der Waals surface area (Å²) >= 11 is 0. The van der Waals surface area contributed by atoms with Gasteiger partial charge in [-0.2, -0.15) is 0 Å². The molecule has 1 heterocycles. The SMILES string of the molecule is CN(C(=O)CCC(=O)c1ccc(C(C)(C)C)cc1)C1CCS(=O)(=O)C1. The minimum absolute atomic E-state index is 0.0252. The number of hydrogen-bond donors (Lipinski definition) is 0. The van der Waals surface area contributed by atoms with Crippen LogP contribution in [0.25, 0.3) is 0 Å². The van der Waals surface area contributed by atoms with Gasteiger partial charge in [0.2, 0.25) is 5.91 Å². The van der Waals surface area contributed by atoms with E-state index in [0.29, 0.717) is 12.0 Å². The van der Waals surface area contributed by atoms with Gasteiger partial charge in [0, 0.05) is 31.5 Å². The lowest BCUT2D eigenvalue weighted by Crippen LogP contribution is -2.37. The lowest BCUT2D eigenvalue weighted by molar-refractivity contribution is -0.131. The quantitative estimate of drug-likeness (QED) is 0.752. The fourth-order valence-electron chi connectivity index (χ4n) is 2.98. The summed E-state index contributed by atoms with van der Waals surface area (Å²) in [5.74, 6) is -0.0887. The van der Waals surface area contributed by atoms with Crippen LogP contribution < -0.4 is 0 Å².